The lowest BCUT2D eigenvalue weighted by atomic mass is 9.90. The van der Waals surface area contributed by atoms with Gasteiger partial charge >= 0.3 is 6.61 Å². The molecule has 35 heavy (non-hydrogen) atoms. The highest BCUT2D eigenvalue weighted by Crippen LogP contribution is 2.51. The Labute approximate surface area is 215 Å². The number of hydrogen-bond donors (Lipinski definition) is 0. The van der Waals surface area contributed by atoms with Crippen LogP contribution in [0.5, 0.6) is 11.5 Å². The second kappa shape index (κ2) is 9.28. The van der Waals surface area contributed by atoms with E-state index in [1.807, 2.05) is 42.5 Å². The standard InChI is InChI=1S/C28H22BrF2NO2S/c29-25-14-13-24(35-25)27-21-15-19(32(16-17-9-10-17)18-5-2-1-3-6-18)11-12-20(21)26-22(33-27)7-4-8-23(26)34-28(30)31/h1-8,11-15,17,27-28H,9-10,16H2. The molecular weight excluding hydrogens is 532 g/mol. The van der Waals surface area contributed by atoms with E-state index in [0.717, 1.165) is 37.7 Å². The minimum absolute atomic E-state index is 0.121. The van der Waals surface area contributed by atoms with Crippen molar-refractivity contribution in [3.05, 3.63) is 93.1 Å². The van der Waals surface area contributed by atoms with E-state index in [1.54, 1.807) is 23.5 Å². The molecule has 3 nitrogen and oxygen atoms in total. The van der Waals surface area contributed by atoms with Gasteiger partial charge in [-0.15, -0.1) is 11.3 Å². The molecule has 0 amide bonds. The van der Waals surface area contributed by atoms with Crippen LogP contribution in [0.3, 0.4) is 0 Å². The van der Waals surface area contributed by atoms with Gasteiger partial charge in [-0.05, 0) is 88.8 Å². The second-order valence-corrected chi connectivity index (χ2v) is 11.3. The van der Waals surface area contributed by atoms with E-state index in [0.29, 0.717) is 17.2 Å². The summed E-state index contributed by atoms with van der Waals surface area (Å²) in [6.45, 7) is -1.97. The third-order valence-electron chi connectivity index (χ3n) is 6.41. The van der Waals surface area contributed by atoms with Gasteiger partial charge in [-0.1, -0.05) is 30.3 Å². The number of nitrogens with zero attached hydrogens (tertiary/aromatic N) is 1. The molecule has 0 radical (unpaired) electrons. The van der Waals surface area contributed by atoms with E-state index < -0.39 is 6.61 Å². The number of halogens is 3. The molecule has 1 saturated carbocycles. The predicted octanol–water partition coefficient (Wildman–Crippen LogP) is 8.81. The number of rotatable bonds is 7. The van der Waals surface area contributed by atoms with E-state index in [1.165, 1.54) is 12.8 Å². The highest BCUT2D eigenvalue weighted by Gasteiger charge is 2.33. The van der Waals surface area contributed by atoms with Crippen LogP contribution in [0.15, 0.2) is 82.6 Å². The molecule has 1 fully saturated rings. The van der Waals surface area contributed by atoms with Crippen LogP contribution < -0.4 is 14.4 Å². The average Bonchev–Trinajstić information content (AvgIpc) is 3.59. The molecule has 2 heterocycles. The predicted molar refractivity (Wildman–Crippen MR) is 139 cm³/mol. The van der Waals surface area contributed by atoms with E-state index in [2.05, 4.69) is 45.1 Å². The molecule has 3 aromatic carbocycles. The van der Waals surface area contributed by atoms with Crippen molar-refractivity contribution in [2.45, 2.75) is 25.6 Å². The van der Waals surface area contributed by atoms with Gasteiger partial charge < -0.3 is 14.4 Å². The van der Waals surface area contributed by atoms with Crippen LogP contribution in [-0.2, 0) is 0 Å². The van der Waals surface area contributed by atoms with Crippen LogP contribution in [0.1, 0.15) is 29.4 Å². The molecule has 178 valence electrons. The third-order valence-corrected chi connectivity index (χ3v) is 8.07. The highest BCUT2D eigenvalue weighted by molar-refractivity contribution is 9.11. The van der Waals surface area contributed by atoms with Crippen molar-refractivity contribution in [2.24, 2.45) is 5.92 Å². The van der Waals surface area contributed by atoms with Gasteiger partial charge in [0, 0.05) is 23.5 Å². The lowest BCUT2D eigenvalue weighted by molar-refractivity contribution is -0.0496. The zero-order valence-corrected chi connectivity index (χ0v) is 21.1. The second-order valence-electron chi connectivity index (χ2n) is 8.81. The van der Waals surface area contributed by atoms with Gasteiger partial charge in [-0.3, -0.25) is 0 Å². The van der Waals surface area contributed by atoms with Crippen molar-refractivity contribution in [1.29, 1.82) is 0 Å². The number of anilines is 2. The molecule has 1 aromatic heterocycles. The summed E-state index contributed by atoms with van der Waals surface area (Å²) in [5.41, 5.74) is 4.54. The number of benzene rings is 3. The molecule has 2 aliphatic rings. The smallest absolute Gasteiger partial charge is 0.387 e. The van der Waals surface area contributed by atoms with E-state index in [4.69, 9.17) is 9.47 Å². The van der Waals surface area contributed by atoms with Gasteiger partial charge in [0.25, 0.3) is 0 Å². The summed E-state index contributed by atoms with van der Waals surface area (Å²) in [5.74, 6) is 1.34. The van der Waals surface area contributed by atoms with Crippen molar-refractivity contribution in [3.8, 4) is 22.6 Å². The van der Waals surface area contributed by atoms with Crippen LogP contribution in [0.4, 0.5) is 20.2 Å². The maximum absolute atomic E-state index is 13.2. The summed E-state index contributed by atoms with van der Waals surface area (Å²) in [7, 11) is 0. The molecule has 7 heteroatoms. The number of alkyl halides is 2. The maximum atomic E-state index is 13.2. The first-order chi connectivity index (χ1) is 17.1. The van der Waals surface area contributed by atoms with Crippen LogP contribution in [0.2, 0.25) is 0 Å². The molecular formula is C28H22BrF2NO2S. The molecule has 0 N–H and O–H groups in total. The largest absolute Gasteiger partial charge is 0.479 e. The van der Waals surface area contributed by atoms with E-state index in [9.17, 15) is 8.78 Å². The summed E-state index contributed by atoms with van der Waals surface area (Å²) >= 11 is 5.17. The fraction of sp³-hybridized carbons (Fsp3) is 0.214. The summed E-state index contributed by atoms with van der Waals surface area (Å²) in [5, 5.41) is 0. The Kier molecular flexibility index (Phi) is 5.98. The van der Waals surface area contributed by atoms with Gasteiger partial charge in [0.05, 0.1) is 14.2 Å². The summed E-state index contributed by atoms with van der Waals surface area (Å²) in [4.78, 5) is 3.38. The Bertz CT molecular complexity index is 1360. The Morgan fingerprint density at radius 3 is 2.51 bits per heavy atom. The van der Waals surface area contributed by atoms with Crippen molar-refractivity contribution in [3.63, 3.8) is 0 Å². The number of fused-ring (bicyclic) bond motifs is 3. The Morgan fingerprint density at radius 1 is 0.971 bits per heavy atom. The monoisotopic (exact) mass is 553 g/mol. The fourth-order valence-electron chi connectivity index (χ4n) is 4.63. The molecule has 1 unspecified atom stereocenters. The van der Waals surface area contributed by atoms with Crippen LogP contribution in [0, 0.1) is 5.92 Å². The van der Waals surface area contributed by atoms with Crippen LogP contribution in [0.25, 0.3) is 11.1 Å². The minimum atomic E-state index is -2.91. The minimum Gasteiger partial charge on any atom is -0.479 e. The molecule has 1 aliphatic heterocycles. The summed E-state index contributed by atoms with van der Waals surface area (Å²) in [6, 6.07) is 25.7. The van der Waals surface area contributed by atoms with Gasteiger partial charge in [-0.25, -0.2) is 0 Å². The number of ether oxygens (including phenoxy) is 2. The summed E-state index contributed by atoms with van der Waals surface area (Å²) in [6.07, 6.45) is 2.13. The van der Waals surface area contributed by atoms with Crippen molar-refractivity contribution in [1.82, 2.24) is 0 Å². The number of hydrogen-bond acceptors (Lipinski definition) is 4. The van der Waals surface area contributed by atoms with Crippen LogP contribution in [-0.4, -0.2) is 13.2 Å². The van der Waals surface area contributed by atoms with Crippen molar-refractivity contribution < 1.29 is 18.3 Å². The fourth-order valence-corrected chi connectivity index (χ4v) is 6.10. The van der Waals surface area contributed by atoms with Gasteiger partial charge in [-0.2, -0.15) is 8.78 Å². The van der Waals surface area contributed by atoms with Crippen molar-refractivity contribution in [2.75, 3.05) is 11.4 Å². The van der Waals surface area contributed by atoms with Gasteiger partial charge in [0.15, 0.2) is 6.10 Å². The lowest BCUT2D eigenvalue weighted by Gasteiger charge is -2.32. The SMILES string of the molecule is FC(F)Oc1cccc2c1-c1ccc(N(CC3CC3)c3ccccc3)cc1C(c1ccc(Br)s1)O2. The maximum Gasteiger partial charge on any atom is 0.387 e. The Morgan fingerprint density at radius 2 is 1.80 bits per heavy atom. The molecule has 4 aromatic rings. The zero-order valence-electron chi connectivity index (χ0n) is 18.7. The zero-order chi connectivity index (χ0) is 23.9. The van der Waals surface area contributed by atoms with Gasteiger partial charge in [0.1, 0.15) is 11.5 Å². The van der Waals surface area contributed by atoms with Crippen LogP contribution >= 0.6 is 27.3 Å². The summed E-state index contributed by atoms with van der Waals surface area (Å²) < 4.78 is 38.8. The average molecular weight is 554 g/mol. The molecule has 0 spiro atoms. The molecule has 6 rings (SSSR count). The molecule has 0 saturated heterocycles. The highest BCUT2D eigenvalue weighted by atomic mass is 79.9. The first-order valence-electron chi connectivity index (χ1n) is 11.5. The lowest BCUT2D eigenvalue weighted by Crippen LogP contribution is -2.21. The normalized spacial score (nSPS) is 16.4. The molecule has 1 atom stereocenters. The van der Waals surface area contributed by atoms with Gasteiger partial charge in [0.2, 0.25) is 0 Å². The molecule has 1 aliphatic carbocycles. The Hall–Kier alpha value is -2.90. The third kappa shape index (κ3) is 4.55. The number of thiophene rings is 1. The molecule has 0 bridgehead atoms. The topological polar surface area (TPSA) is 21.7 Å². The van der Waals surface area contributed by atoms with E-state index >= 15 is 0 Å². The first-order valence-corrected chi connectivity index (χ1v) is 13.1. The van der Waals surface area contributed by atoms with Crippen molar-refractivity contribution >= 4 is 38.6 Å². The quantitative estimate of drug-likeness (QED) is 0.228. The Balaban J connectivity index is 1.51. The first kappa shape index (κ1) is 22.6. The van der Waals surface area contributed by atoms with E-state index in [-0.39, 0.29) is 11.9 Å². The number of para-hydroxylation sites is 1.